The van der Waals surface area contributed by atoms with E-state index in [9.17, 15) is 0 Å². The second-order valence-corrected chi connectivity index (χ2v) is 3.84. The molecule has 0 aliphatic carbocycles. The number of fused-ring (bicyclic) bond motifs is 1. The largest absolute Gasteiger partial charge is 0.490 e. The maximum Gasteiger partial charge on any atom is 0.143 e. The van der Waals surface area contributed by atoms with Crippen molar-refractivity contribution in [1.29, 1.82) is 0 Å². The van der Waals surface area contributed by atoms with Crippen molar-refractivity contribution in [3.05, 3.63) is 23.8 Å². The summed E-state index contributed by atoms with van der Waals surface area (Å²) in [5.41, 5.74) is 13.6. The van der Waals surface area contributed by atoms with E-state index in [0.717, 1.165) is 30.2 Å². The van der Waals surface area contributed by atoms with E-state index in [1.54, 1.807) is 0 Å². The van der Waals surface area contributed by atoms with Crippen LogP contribution in [-0.4, -0.2) is 26.7 Å². The van der Waals surface area contributed by atoms with E-state index >= 15 is 0 Å². The molecule has 82 valence electrons. The molecular weight excluding hydrogens is 190 g/mol. The van der Waals surface area contributed by atoms with Gasteiger partial charge < -0.3 is 21.1 Å². The van der Waals surface area contributed by atoms with E-state index in [2.05, 4.69) is 11.9 Å². The molecule has 15 heavy (non-hydrogen) atoms. The van der Waals surface area contributed by atoms with Gasteiger partial charge in [0, 0.05) is 19.6 Å². The maximum atomic E-state index is 5.87. The first kappa shape index (κ1) is 10.3. The van der Waals surface area contributed by atoms with Gasteiger partial charge in [0.25, 0.3) is 0 Å². The van der Waals surface area contributed by atoms with Gasteiger partial charge in [-0.3, -0.25) is 0 Å². The Morgan fingerprint density at radius 2 is 2.33 bits per heavy atom. The van der Waals surface area contributed by atoms with Crippen LogP contribution in [0.2, 0.25) is 0 Å². The highest BCUT2D eigenvalue weighted by Gasteiger charge is 2.16. The fourth-order valence-electron chi connectivity index (χ4n) is 1.74. The summed E-state index contributed by atoms with van der Waals surface area (Å²) >= 11 is 0. The molecule has 0 radical (unpaired) electrons. The van der Waals surface area contributed by atoms with Crippen LogP contribution in [0.3, 0.4) is 0 Å². The summed E-state index contributed by atoms with van der Waals surface area (Å²) in [4.78, 5) is 2.18. The Morgan fingerprint density at radius 1 is 1.53 bits per heavy atom. The van der Waals surface area contributed by atoms with E-state index < -0.39 is 0 Å². The zero-order chi connectivity index (χ0) is 10.8. The maximum absolute atomic E-state index is 5.87. The molecule has 1 atom stereocenters. The minimum atomic E-state index is -0.105. The monoisotopic (exact) mass is 207 g/mol. The van der Waals surface area contributed by atoms with E-state index in [-0.39, 0.29) is 6.04 Å². The summed E-state index contributed by atoms with van der Waals surface area (Å²) in [6.07, 6.45) is 0. The molecule has 0 saturated heterocycles. The van der Waals surface area contributed by atoms with Crippen LogP contribution in [-0.2, 0) is 0 Å². The van der Waals surface area contributed by atoms with Crippen LogP contribution in [0.15, 0.2) is 18.2 Å². The first-order valence-electron chi connectivity index (χ1n) is 5.16. The van der Waals surface area contributed by atoms with Crippen molar-refractivity contribution in [3.8, 4) is 5.75 Å². The molecule has 1 aliphatic heterocycles. The van der Waals surface area contributed by atoms with Gasteiger partial charge in [0.1, 0.15) is 12.4 Å². The SMILES string of the molecule is CN1CCOc2cc([C@H](N)CN)ccc21. The van der Waals surface area contributed by atoms with Crippen molar-refractivity contribution in [2.75, 3.05) is 31.6 Å². The topological polar surface area (TPSA) is 64.5 Å². The fraction of sp³-hybridized carbons (Fsp3) is 0.455. The molecule has 0 unspecified atom stereocenters. The lowest BCUT2D eigenvalue weighted by Crippen LogP contribution is -2.29. The second-order valence-electron chi connectivity index (χ2n) is 3.84. The molecule has 1 heterocycles. The lowest BCUT2D eigenvalue weighted by atomic mass is 10.1. The summed E-state index contributed by atoms with van der Waals surface area (Å²) in [6.45, 7) is 2.11. The third-order valence-electron chi connectivity index (χ3n) is 2.76. The number of nitrogens with two attached hydrogens (primary N) is 2. The van der Waals surface area contributed by atoms with Crippen molar-refractivity contribution in [2.45, 2.75) is 6.04 Å². The van der Waals surface area contributed by atoms with Crippen LogP contribution in [0.5, 0.6) is 5.75 Å². The predicted molar refractivity (Wildman–Crippen MR) is 61.2 cm³/mol. The first-order chi connectivity index (χ1) is 7.22. The van der Waals surface area contributed by atoms with Gasteiger partial charge in [-0.15, -0.1) is 0 Å². The zero-order valence-electron chi connectivity index (χ0n) is 8.94. The van der Waals surface area contributed by atoms with Gasteiger partial charge in [0.05, 0.1) is 12.2 Å². The van der Waals surface area contributed by atoms with Crippen molar-refractivity contribution in [1.82, 2.24) is 0 Å². The van der Waals surface area contributed by atoms with Gasteiger partial charge in [-0.2, -0.15) is 0 Å². The number of likely N-dealkylation sites (N-methyl/N-ethyl adjacent to an activating group) is 1. The Balaban J connectivity index is 2.33. The second kappa shape index (κ2) is 4.08. The van der Waals surface area contributed by atoms with Crippen LogP contribution in [0, 0.1) is 0 Å². The van der Waals surface area contributed by atoms with Crippen molar-refractivity contribution >= 4 is 5.69 Å². The first-order valence-corrected chi connectivity index (χ1v) is 5.16. The molecule has 0 spiro atoms. The van der Waals surface area contributed by atoms with Crippen LogP contribution in [0.25, 0.3) is 0 Å². The molecule has 0 bridgehead atoms. The Hall–Kier alpha value is -1.26. The van der Waals surface area contributed by atoms with Crippen LogP contribution in [0.4, 0.5) is 5.69 Å². The van der Waals surface area contributed by atoms with E-state index in [4.69, 9.17) is 16.2 Å². The Bertz CT molecular complexity index is 354. The van der Waals surface area contributed by atoms with Gasteiger partial charge in [-0.1, -0.05) is 6.07 Å². The highest BCUT2D eigenvalue weighted by atomic mass is 16.5. The Morgan fingerprint density at radius 3 is 3.07 bits per heavy atom. The highest BCUT2D eigenvalue weighted by Crippen LogP contribution is 2.32. The molecule has 0 fully saturated rings. The number of anilines is 1. The fourth-order valence-corrected chi connectivity index (χ4v) is 1.74. The molecule has 0 amide bonds. The smallest absolute Gasteiger partial charge is 0.143 e. The standard InChI is InChI=1S/C11H17N3O/c1-14-4-5-15-11-6-8(9(13)7-12)2-3-10(11)14/h2-3,6,9H,4-5,7,12-13H2,1H3/t9-/m1/s1. The lowest BCUT2D eigenvalue weighted by Gasteiger charge is -2.28. The number of hydrogen-bond acceptors (Lipinski definition) is 4. The average molecular weight is 207 g/mol. The molecule has 4 nitrogen and oxygen atoms in total. The minimum Gasteiger partial charge on any atom is -0.490 e. The summed E-state index contributed by atoms with van der Waals surface area (Å²) in [7, 11) is 2.06. The van der Waals surface area contributed by atoms with E-state index in [1.807, 2.05) is 18.2 Å². The molecule has 1 aromatic carbocycles. The van der Waals surface area contributed by atoms with E-state index in [1.165, 1.54) is 0 Å². The van der Waals surface area contributed by atoms with Crippen LogP contribution in [0.1, 0.15) is 11.6 Å². The number of hydrogen-bond donors (Lipinski definition) is 2. The van der Waals surface area contributed by atoms with Gasteiger partial charge in [-0.25, -0.2) is 0 Å². The number of nitrogens with zero attached hydrogens (tertiary/aromatic N) is 1. The minimum absolute atomic E-state index is 0.105. The molecular formula is C11H17N3O. The molecule has 0 aromatic heterocycles. The molecule has 4 N–H and O–H groups in total. The number of ether oxygens (including phenoxy) is 1. The number of rotatable bonds is 2. The van der Waals surface area contributed by atoms with Gasteiger partial charge >= 0.3 is 0 Å². The summed E-state index contributed by atoms with van der Waals surface area (Å²) in [5.74, 6) is 0.908. The van der Waals surface area contributed by atoms with Gasteiger partial charge in [0.15, 0.2) is 0 Å². The van der Waals surface area contributed by atoms with Crippen LogP contribution < -0.4 is 21.1 Å². The Labute approximate surface area is 89.8 Å². The average Bonchev–Trinajstić information content (AvgIpc) is 2.28. The van der Waals surface area contributed by atoms with Crippen molar-refractivity contribution < 1.29 is 4.74 Å². The summed E-state index contributed by atoms with van der Waals surface area (Å²) in [6, 6.07) is 5.94. The third-order valence-corrected chi connectivity index (χ3v) is 2.76. The molecule has 2 rings (SSSR count). The summed E-state index contributed by atoms with van der Waals surface area (Å²) in [5, 5.41) is 0. The van der Waals surface area contributed by atoms with Crippen molar-refractivity contribution in [2.24, 2.45) is 11.5 Å². The van der Waals surface area contributed by atoms with Crippen LogP contribution >= 0.6 is 0 Å². The molecule has 0 saturated carbocycles. The zero-order valence-corrected chi connectivity index (χ0v) is 8.94. The predicted octanol–water partition coefficient (Wildman–Crippen LogP) is 0.474. The molecule has 1 aliphatic rings. The van der Waals surface area contributed by atoms with Gasteiger partial charge in [0.2, 0.25) is 0 Å². The van der Waals surface area contributed by atoms with Crippen molar-refractivity contribution in [3.63, 3.8) is 0 Å². The lowest BCUT2D eigenvalue weighted by molar-refractivity contribution is 0.311. The van der Waals surface area contributed by atoms with E-state index in [0.29, 0.717) is 6.54 Å². The quantitative estimate of drug-likeness (QED) is 0.740. The van der Waals surface area contributed by atoms with Gasteiger partial charge in [-0.05, 0) is 17.7 Å². The molecule has 4 heteroatoms. The summed E-state index contributed by atoms with van der Waals surface area (Å²) < 4.78 is 5.59. The normalized spacial score (nSPS) is 16.9. The Kier molecular flexibility index (Phi) is 2.79. The highest BCUT2D eigenvalue weighted by molar-refractivity contribution is 5.60. The molecule has 1 aromatic rings. The number of benzene rings is 1. The third kappa shape index (κ3) is 1.91.